The molecule has 1 aromatic heterocycles. The van der Waals surface area contributed by atoms with Crippen LogP contribution in [-0.4, -0.2) is 36.7 Å². The first-order chi connectivity index (χ1) is 11.6. The van der Waals surface area contributed by atoms with Gasteiger partial charge in [0.2, 0.25) is 0 Å². The van der Waals surface area contributed by atoms with Crippen LogP contribution in [0.3, 0.4) is 0 Å². The molecule has 0 bridgehead atoms. The molecule has 0 amide bonds. The van der Waals surface area contributed by atoms with Gasteiger partial charge in [0.15, 0.2) is 5.43 Å². The van der Waals surface area contributed by atoms with Crippen molar-refractivity contribution in [2.75, 3.05) is 20.8 Å². The van der Waals surface area contributed by atoms with Gasteiger partial charge >= 0.3 is 0 Å². The van der Waals surface area contributed by atoms with E-state index >= 15 is 0 Å². The maximum Gasteiger partial charge on any atom is 0.198 e. The van der Waals surface area contributed by atoms with E-state index in [4.69, 9.17) is 9.47 Å². The van der Waals surface area contributed by atoms with Crippen molar-refractivity contribution in [3.63, 3.8) is 0 Å². The fraction of sp³-hybridized carbons (Fsp3) is 0.526. The summed E-state index contributed by atoms with van der Waals surface area (Å²) in [4.78, 5) is 19.0. The van der Waals surface area contributed by atoms with Crippen molar-refractivity contribution in [2.45, 2.75) is 45.7 Å². The van der Waals surface area contributed by atoms with Crippen LogP contribution in [0, 0.1) is 6.92 Å². The number of hydrogen-bond acceptors (Lipinski definition) is 4. The summed E-state index contributed by atoms with van der Waals surface area (Å²) in [6.07, 6.45) is 3.67. The Kier molecular flexibility index (Phi) is 4.81. The van der Waals surface area contributed by atoms with E-state index in [9.17, 15) is 4.79 Å². The van der Waals surface area contributed by atoms with Crippen LogP contribution in [-0.2, 0) is 6.54 Å². The molecule has 0 saturated carbocycles. The third-order valence-corrected chi connectivity index (χ3v) is 5.14. The SMILES string of the molecule is COc1ccc(OC)c2c(=O)c(CN3CCCC[C@H]3C)c(C)[nH]c12. The van der Waals surface area contributed by atoms with Gasteiger partial charge in [-0.2, -0.15) is 0 Å². The lowest BCUT2D eigenvalue weighted by Gasteiger charge is -2.33. The molecule has 5 nitrogen and oxygen atoms in total. The number of aromatic amines is 1. The van der Waals surface area contributed by atoms with Crippen LogP contribution >= 0.6 is 0 Å². The predicted octanol–water partition coefficient (Wildman–Crippen LogP) is 3.23. The van der Waals surface area contributed by atoms with Gasteiger partial charge in [-0.1, -0.05) is 6.42 Å². The van der Waals surface area contributed by atoms with E-state index in [1.807, 2.05) is 13.0 Å². The lowest BCUT2D eigenvalue weighted by molar-refractivity contribution is 0.152. The summed E-state index contributed by atoms with van der Waals surface area (Å²) in [7, 11) is 3.20. The quantitative estimate of drug-likeness (QED) is 0.935. The van der Waals surface area contributed by atoms with Gasteiger partial charge in [0.25, 0.3) is 0 Å². The summed E-state index contributed by atoms with van der Waals surface area (Å²) in [6.45, 7) is 5.93. The van der Waals surface area contributed by atoms with Crippen molar-refractivity contribution in [1.82, 2.24) is 9.88 Å². The van der Waals surface area contributed by atoms with Gasteiger partial charge in [0.1, 0.15) is 11.5 Å². The minimum absolute atomic E-state index is 0.0368. The number of aromatic nitrogens is 1. The lowest BCUT2D eigenvalue weighted by Crippen LogP contribution is -2.38. The second-order valence-corrected chi connectivity index (χ2v) is 6.59. The molecule has 5 heteroatoms. The average Bonchev–Trinajstić information content (AvgIpc) is 2.59. The molecule has 130 valence electrons. The largest absolute Gasteiger partial charge is 0.496 e. The number of benzene rings is 1. The number of aryl methyl sites for hydroxylation is 1. The zero-order chi connectivity index (χ0) is 17.3. The van der Waals surface area contributed by atoms with Crippen LogP contribution in [0.25, 0.3) is 10.9 Å². The zero-order valence-electron chi connectivity index (χ0n) is 14.9. The minimum atomic E-state index is 0.0368. The van der Waals surface area contributed by atoms with E-state index in [1.165, 1.54) is 19.3 Å². The molecule has 1 fully saturated rings. The molecule has 1 aliphatic heterocycles. The number of methoxy groups -OCH3 is 2. The average molecular weight is 330 g/mol. The first-order valence-corrected chi connectivity index (χ1v) is 8.57. The fourth-order valence-corrected chi connectivity index (χ4v) is 3.62. The number of rotatable bonds is 4. The van der Waals surface area contributed by atoms with Crippen molar-refractivity contribution in [1.29, 1.82) is 0 Å². The number of nitrogens with one attached hydrogen (secondary N) is 1. The van der Waals surface area contributed by atoms with Crippen LogP contribution in [0.4, 0.5) is 0 Å². The molecule has 1 atom stereocenters. The molecular weight excluding hydrogens is 304 g/mol. The predicted molar refractivity (Wildman–Crippen MR) is 96.1 cm³/mol. The smallest absolute Gasteiger partial charge is 0.198 e. The van der Waals surface area contributed by atoms with Crippen molar-refractivity contribution in [3.05, 3.63) is 33.6 Å². The zero-order valence-corrected chi connectivity index (χ0v) is 14.9. The number of hydrogen-bond donors (Lipinski definition) is 1. The molecule has 0 radical (unpaired) electrons. The Morgan fingerprint density at radius 3 is 2.58 bits per heavy atom. The Morgan fingerprint density at radius 2 is 1.92 bits per heavy atom. The summed E-state index contributed by atoms with van der Waals surface area (Å²) in [5.41, 5.74) is 2.46. The highest BCUT2D eigenvalue weighted by molar-refractivity contribution is 5.90. The monoisotopic (exact) mass is 330 g/mol. The van der Waals surface area contributed by atoms with Crippen molar-refractivity contribution in [2.24, 2.45) is 0 Å². The Labute approximate surface area is 142 Å². The number of likely N-dealkylation sites (tertiary alicyclic amines) is 1. The summed E-state index contributed by atoms with van der Waals surface area (Å²) in [5.74, 6) is 1.24. The van der Waals surface area contributed by atoms with E-state index in [1.54, 1.807) is 20.3 Å². The standard InChI is InChI=1S/C19H26N2O3/c1-12-7-5-6-10-21(12)11-14-13(2)20-18-16(24-4)9-8-15(23-3)17(18)19(14)22/h8-9,12H,5-7,10-11H2,1-4H3,(H,20,22)/t12-/m1/s1. The van der Waals surface area contributed by atoms with Gasteiger partial charge in [-0.15, -0.1) is 0 Å². The highest BCUT2D eigenvalue weighted by Gasteiger charge is 2.22. The van der Waals surface area contributed by atoms with E-state index in [-0.39, 0.29) is 5.43 Å². The third-order valence-electron chi connectivity index (χ3n) is 5.14. The van der Waals surface area contributed by atoms with Crippen LogP contribution in [0.2, 0.25) is 0 Å². The number of nitrogens with zero attached hydrogens (tertiary/aromatic N) is 1. The molecule has 0 spiro atoms. The maximum absolute atomic E-state index is 13.2. The number of H-pyrrole nitrogens is 1. The molecule has 2 aromatic rings. The normalized spacial score (nSPS) is 18.8. The third kappa shape index (κ3) is 2.88. The van der Waals surface area contributed by atoms with Crippen LogP contribution < -0.4 is 14.9 Å². The van der Waals surface area contributed by atoms with Gasteiger partial charge in [0, 0.05) is 23.8 Å². The molecule has 0 aliphatic carbocycles. The van der Waals surface area contributed by atoms with Gasteiger partial charge < -0.3 is 14.5 Å². The van der Waals surface area contributed by atoms with Crippen molar-refractivity contribution >= 4 is 10.9 Å². The van der Waals surface area contributed by atoms with E-state index in [0.717, 1.165) is 17.8 Å². The Hall–Kier alpha value is -2.01. The van der Waals surface area contributed by atoms with Crippen LogP contribution in [0.5, 0.6) is 11.5 Å². The molecule has 1 saturated heterocycles. The first kappa shape index (κ1) is 16.8. The van der Waals surface area contributed by atoms with E-state index in [0.29, 0.717) is 35.0 Å². The molecule has 24 heavy (non-hydrogen) atoms. The van der Waals surface area contributed by atoms with Crippen LogP contribution in [0.1, 0.15) is 37.4 Å². The molecule has 1 N–H and O–H groups in total. The highest BCUT2D eigenvalue weighted by Crippen LogP contribution is 2.30. The lowest BCUT2D eigenvalue weighted by atomic mass is 10.0. The second-order valence-electron chi connectivity index (χ2n) is 6.59. The Bertz CT molecular complexity index is 797. The topological polar surface area (TPSA) is 54.6 Å². The van der Waals surface area contributed by atoms with Crippen molar-refractivity contribution < 1.29 is 9.47 Å². The molecule has 1 aromatic carbocycles. The van der Waals surface area contributed by atoms with E-state index < -0.39 is 0 Å². The highest BCUT2D eigenvalue weighted by atomic mass is 16.5. The molecule has 1 aliphatic rings. The molecule has 2 heterocycles. The van der Waals surface area contributed by atoms with Gasteiger partial charge in [-0.05, 0) is 45.4 Å². The number of pyridine rings is 1. The van der Waals surface area contributed by atoms with Crippen LogP contribution in [0.15, 0.2) is 16.9 Å². The summed E-state index contributed by atoms with van der Waals surface area (Å²) in [6, 6.07) is 4.13. The number of piperidine rings is 1. The Morgan fingerprint density at radius 1 is 1.21 bits per heavy atom. The van der Waals surface area contributed by atoms with Gasteiger partial charge in [-0.25, -0.2) is 0 Å². The molecule has 0 unspecified atom stereocenters. The number of fused-ring (bicyclic) bond motifs is 1. The maximum atomic E-state index is 13.2. The van der Waals surface area contributed by atoms with Crippen molar-refractivity contribution in [3.8, 4) is 11.5 Å². The summed E-state index contributed by atoms with van der Waals surface area (Å²) in [5, 5.41) is 0.571. The number of ether oxygens (including phenoxy) is 2. The Balaban J connectivity index is 2.13. The van der Waals surface area contributed by atoms with E-state index in [2.05, 4.69) is 16.8 Å². The summed E-state index contributed by atoms with van der Waals surface area (Å²) < 4.78 is 10.8. The fourth-order valence-electron chi connectivity index (χ4n) is 3.62. The summed E-state index contributed by atoms with van der Waals surface area (Å²) >= 11 is 0. The molecular formula is C19H26N2O3. The van der Waals surface area contributed by atoms with Gasteiger partial charge in [-0.3, -0.25) is 9.69 Å². The second kappa shape index (κ2) is 6.85. The molecule has 3 rings (SSSR count). The van der Waals surface area contributed by atoms with Gasteiger partial charge in [0.05, 0.1) is 25.1 Å². The minimum Gasteiger partial charge on any atom is -0.496 e. The first-order valence-electron chi connectivity index (χ1n) is 8.57.